The van der Waals surface area contributed by atoms with Crippen LogP contribution in [0, 0.1) is 0 Å². The molecule has 18 heavy (non-hydrogen) atoms. The first-order valence-corrected chi connectivity index (χ1v) is 6.32. The molecule has 0 saturated carbocycles. The summed E-state index contributed by atoms with van der Waals surface area (Å²) in [6, 6.07) is 1.87. The van der Waals surface area contributed by atoms with E-state index in [1.807, 2.05) is 12.3 Å². The summed E-state index contributed by atoms with van der Waals surface area (Å²) in [6.45, 7) is 10.0. The Morgan fingerprint density at radius 3 is 2.44 bits per heavy atom. The average molecular weight is 250 g/mol. The molecule has 0 atom stereocenters. The largest absolute Gasteiger partial charge is 0.392 e. The van der Waals surface area contributed by atoms with Crippen molar-refractivity contribution in [3.63, 3.8) is 0 Å². The highest BCUT2D eigenvalue weighted by Gasteiger charge is 2.38. The highest BCUT2D eigenvalue weighted by Crippen LogP contribution is 2.32. The van der Waals surface area contributed by atoms with Gasteiger partial charge in [-0.1, -0.05) is 0 Å². The number of aromatic nitrogens is 1. The number of morpholine rings is 1. The van der Waals surface area contributed by atoms with Crippen molar-refractivity contribution in [1.29, 1.82) is 0 Å². The van der Waals surface area contributed by atoms with Crippen molar-refractivity contribution in [3.05, 3.63) is 24.0 Å². The Morgan fingerprint density at radius 1 is 1.28 bits per heavy atom. The number of anilines is 1. The predicted molar refractivity (Wildman–Crippen MR) is 71.6 cm³/mol. The molecule has 0 unspecified atom stereocenters. The molecule has 2 heterocycles. The lowest BCUT2D eigenvalue weighted by molar-refractivity contribution is -0.133. The Kier molecular flexibility index (Phi) is 3.34. The van der Waals surface area contributed by atoms with E-state index in [-0.39, 0.29) is 17.8 Å². The predicted octanol–water partition coefficient (Wildman–Crippen LogP) is 1.97. The molecule has 0 aliphatic carbocycles. The quantitative estimate of drug-likeness (QED) is 0.871. The first-order valence-electron chi connectivity index (χ1n) is 6.32. The highest BCUT2D eigenvalue weighted by molar-refractivity contribution is 5.52. The van der Waals surface area contributed by atoms with Gasteiger partial charge in [-0.25, -0.2) is 0 Å². The lowest BCUT2D eigenvalue weighted by Gasteiger charge is -2.48. The van der Waals surface area contributed by atoms with E-state index in [2.05, 4.69) is 37.6 Å². The second-order valence-electron chi connectivity index (χ2n) is 6.14. The fraction of sp³-hybridized carbons (Fsp3) is 0.643. The molecule has 0 spiro atoms. The minimum Gasteiger partial charge on any atom is -0.392 e. The Balaban J connectivity index is 2.32. The summed E-state index contributed by atoms with van der Waals surface area (Å²) in [5.41, 5.74) is 1.51. The zero-order chi connectivity index (χ0) is 13.4. The average Bonchev–Trinajstić information content (AvgIpc) is 2.24. The smallest absolute Gasteiger partial charge is 0.0808 e. The summed E-state index contributed by atoms with van der Waals surface area (Å²) in [7, 11) is 0. The highest BCUT2D eigenvalue weighted by atomic mass is 16.5. The van der Waals surface area contributed by atoms with E-state index in [1.165, 1.54) is 0 Å². The number of hydrogen-bond acceptors (Lipinski definition) is 4. The third-order valence-corrected chi connectivity index (χ3v) is 3.09. The number of aliphatic hydroxyl groups is 1. The van der Waals surface area contributed by atoms with E-state index in [1.54, 1.807) is 6.20 Å². The maximum absolute atomic E-state index is 9.42. The van der Waals surface area contributed by atoms with Crippen molar-refractivity contribution >= 4 is 5.69 Å². The van der Waals surface area contributed by atoms with Crippen molar-refractivity contribution in [2.75, 3.05) is 18.0 Å². The number of pyridine rings is 1. The molecule has 1 aromatic rings. The minimum absolute atomic E-state index is 0.0378. The van der Waals surface area contributed by atoms with Gasteiger partial charge in [-0.15, -0.1) is 0 Å². The van der Waals surface area contributed by atoms with Crippen molar-refractivity contribution in [2.24, 2.45) is 0 Å². The molecule has 4 heteroatoms. The summed E-state index contributed by atoms with van der Waals surface area (Å²) in [6.07, 6.45) is 3.54. The SMILES string of the molecule is CC1(C)CN(c2cnccc2CO)CC(C)(C)O1. The van der Waals surface area contributed by atoms with Gasteiger partial charge in [0.25, 0.3) is 0 Å². The van der Waals surface area contributed by atoms with Crippen LogP contribution in [-0.4, -0.2) is 34.4 Å². The normalized spacial score (nSPS) is 21.9. The maximum Gasteiger partial charge on any atom is 0.0808 e. The lowest BCUT2D eigenvalue weighted by atomic mass is 9.98. The fourth-order valence-corrected chi connectivity index (χ4v) is 2.79. The molecular weight excluding hydrogens is 228 g/mol. The summed E-state index contributed by atoms with van der Waals surface area (Å²) < 4.78 is 6.06. The zero-order valence-electron chi connectivity index (χ0n) is 11.6. The molecule has 0 bridgehead atoms. The molecular formula is C14H22N2O2. The van der Waals surface area contributed by atoms with Crippen LogP contribution in [0.25, 0.3) is 0 Å². The van der Waals surface area contributed by atoms with E-state index < -0.39 is 0 Å². The Labute approximate surface area is 109 Å². The molecule has 0 radical (unpaired) electrons. The van der Waals surface area contributed by atoms with Gasteiger partial charge in [0, 0.05) is 24.8 Å². The van der Waals surface area contributed by atoms with Gasteiger partial charge in [-0.05, 0) is 33.8 Å². The van der Waals surface area contributed by atoms with Crippen LogP contribution in [0.5, 0.6) is 0 Å². The third-order valence-electron chi connectivity index (χ3n) is 3.09. The Hall–Kier alpha value is -1.13. The minimum atomic E-state index is -0.204. The van der Waals surface area contributed by atoms with Crippen LogP contribution in [0.15, 0.2) is 18.5 Å². The molecule has 0 amide bonds. The number of hydrogen-bond donors (Lipinski definition) is 1. The van der Waals surface area contributed by atoms with E-state index in [0.717, 1.165) is 24.3 Å². The maximum atomic E-state index is 9.42. The number of ether oxygens (including phenoxy) is 1. The van der Waals surface area contributed by atoms with Crippen LogP contribution in [0.2, 0.25) is 0 Å². The van der Waals surface area contributed by atoms with E-state index >= 15 is 0 Å². The molecule has 1 aliphatic rings. The second-order valence-corrected chi connectivity index (χ2v) is 6.14. The van der Waals surface area contributed by atoms with Crippen LogP contribution in [0.3, 0.4) is 0 Å². The first-order chi connectivity index (χ1) is 8.33. The Morgan fingerprint density at radius 2 is 1.89 bits per heavy atom. The summed E-state index contributed by atoms with van der Waals surface area (Å²) in [4.78, 5) is 6.42. The van der Waals surface area contributed by atoms with Crippen LogP contribution < -0.4 is 4.90 Å². The fourth-order valence-electron chi connectivity index (χ4n) is 2.79. The molecule has 1 aliphatic heterocycles. The topological polar surface area (TPSA) is 45.6 Å². The van der Waals surface area contributed by atoms with Crippen LogP contribution in [0.4, 0.5) is 5.69 Å². The van der Waals surface area contributed by atoms with Gasteiger partial charge in [-0.3, -0.25) is 4.98 Å². The van der Waals surface area contributed by atoms with Gasteiger partial charge in [0.05, 0.1) is 29.7 Å². The van der Waals surface area contributed by atoms with Crippen LogP contribution in [-0.2, 0) is 11.3 Å². The van der Waals surface area contributed by atoms with Gasteiger partial charge in [0.2, 0.25) is 0 Å². The number of aliphatic hydroxyl groups excluding tert-OH is 1. The van der Waals surface area contributed by atoms with Gasteiger partial charge in [0.15, 0.2) is 0 Å². The molecule has 1 aromatic heterocycles. The summed E-state index contributed by atoms with van der Waals surface area (Å²) in [5.74, 6) is 0. The van der Waals surface area contributed by atoms with Crippen LogP contribution >= 0.6 is 0 Å². The molecule has 1 fully saturated rings. The van der Waals surface area contributed by atoms with Crippen molar-refractivity contribution in [3.8, 4) is 0 Å². The molecule has 100 valence electrons. The molecule has 2 rings (SSSR count). The second kappa shape index (κ2) is 4.52. The van der Waals surface area contributed by atoms with Gasteiger partial charge < -0.3 is 14.7 Å². The first kappa shape index (κ1) is 13.3. The monoisotopic (exact) mass is 250 g/mol. The van der Waals surface area contributed by atoms with Crippen molar-refractivity contribution < 1.29 is 9.84 Å². The van der Waals surface area contributed by atoms with Gasteiger partial charge in [0.1, 0.15) is 0 Å². The zero-order valence-corrected chi connectivity index (χ0v) is 11.6. The lowest BCUT2D eigenvalue weighted by Crippen LogP contribution is -2.57. The molecule has 4 nitrogen and oxygen atoms in total. The van der Waals surface area contributed by atoms with Gasteiger partial charge in [-0.2, -0.15) is 0 Å². The molecule has 0 aromatic carbocycles. The molecule has 1 N–H and O–H groups in total. The van der Waals surface area contributed by atoms with Crippen molar-refractivity contribution in [2.45, 2.75) is 45.5 Å². The summed E-state index contributed by atoms with van der Waals surface area (Å²) in [5, 5.41) is 9.42. The third kappa shape index (κ3) is 2.82. The van der Waals surface area contributed by atoms with Crippen LogP contribution in [0.1, 0.15) is 33.3 Å². The van der Waals surface area contributed by atoms with E-state index in [0.29, 0.717) is 0 Å². The Bertz CT molecular complexity index is 414. The standard InChI is InChI=1S/C14H22N2O2/c1-13(2)9-16(10-14(3,4)18-13)12-7-15-6-5-11(12)8-17/h5-7,17H,8-10H2,1-4H3. The number of rotatable bonds is 2. The van der Waals surface area contributed by atoms with E-state index in [4.69, 9.17) is 4.74 Å². The molecule has 1 saturated heterocycles. The van der Waals surface area contributed by atoms with E-state index in [9.17, 15) is 5.11 Å². The summed E-state index contributed by atoms with van der Waals surface area (Å²) >= 11 is 0. The van der Waals surface area contributed by atoms with Gasteiger partial charge >= 0.3 is 0 Å². The van der Waals surface area contributed by atoms with Crippen molar-refractivity contribution in [1.82, 2.24) is 4.98 Å². The number of nitrogens with zero attached hydrogens (tertiary/aromatic N) is 2.